The van der Waals surface area contributed by atoms with E-state index in [-0.39, 0.29) is 12.1 Å². The van der Waals surface area contributed by atoms with Crippen LogP contribution >= 0.6 is 0 Å². The molecule has 1 aliphatic heterocycles. The van der Waals surface area contributed by atoms with Crippen LogP contribution in [0.5, 0.6) is 0 Å². The van der Waals surface area contributed by atoms with Crippen LogP contribution in [0.2, 0.25) is 0 Å². The predicted octanol–water partition coefficient (Wildman–Crippen LogP) is 1.60. The number of halogens is 3. The van der Waals surface area contributed by atoms with Gasteiger partial charge < -0.3 is 9.84 Å². The Balaban J connectivity index is 2.24. The Labute approximate surface area is 120 Å². The first-order valence-electron chi connectivity index (χ1n) is 6.57. The van der Waals surface area contributed by atoms with Gasteiger partial charge in [0.2, 0.25) is 0 Å². The molecular formula is C14H16F3NO3. The number of ether oxygens (including phenoxy) is 1. The number of hydrogen-bond acceptors (Lipinski definition) is 4. The molecule has 21 heavy (non-hydrogen) atoms. The number of likely N-dealkylation sites (tertiary alicyclic amines) is 1. The number of aliphatic hydroxyl groups is 1. The number of hydrogen-bond donors (Lipinski definition) is 1. The fraction of sp³-hybridized carbons (Fsp3) is 0.500. The van der Waals surface area contributed by atoms with Gasteiger partial charge in [0.05, 0.1) is 13.2 Å². The van der Waals surface area contributed by atoms with Crippen molar-refractivity contribution in [1.29, 1.82) is 0 Å². The number of benzene rings is 1. The first-order chi connectivity index (χ1) is 9.93. The minimum atomic E-state index is -1.26. The zero-order valence-electron chi connectivity index (χ0n) is 11.5. The molecule has 0 saturated carbocycles. The number of methoxy groups -OCH3 is 1. The lowest BCUT2D eigenvalue weighted by Gasteiger charge is -2.37. The monoisotopic (exact) mass is 303 g/mol. The number of carbonyl (C=O) groups is 1. The number of carbonyl (C=O) groups excluding carboxylic acids is 1. The van der Waals surface area contributed by atoms with Gasteiger partial charge in [-0.15, -0.1) is 0 Å². The fourth-order valence-electron chi connectivity index (χ4n) is 2.55. The predicted molar refractivity (Wildman–Crippen MR) is 67.8 cm³/mol. The maximum Gasteiger partial charge on any atom is 0.325 e. The Morgan fingerprint density at radius 3 is 2.67 bits per heavy atom. The second kappa shape index (κ2) is 6.44. The van der Waals surface area contributed by atoms with E-state index in [9.17, 15) is 23.1 Å². The molecule has 1 aliphatic rings. The SMILES string of the molecule is COC(=O)C1C(O)CCCN1Cc1cc(F)c(F)cc1F. The highest BCUT2D eigenvalue weighted by atomic mass is 19.2. The maximum absolute atomic E-state index is 13.7. The van der Waals surface area contributed by atoms with E-state index in [4.69, 9.17) is 0 Å². The van der Waals surface area contributed by atoms with Gasteiger partial charge in [-0.05, 0) is 25.5 Å². The van der Waals surface area contributed by atoms with E-state index in [1.54, 1.807) is 0 Å². The molecular weight excluding hydrogens is 287 g/mol. The number of aliphatic hydroxyl groups excluding tert-OH is 1. The van der Waals surface area contributed by atoms with Crippen molar-refractivity contribution in [2.75, 3.05) is 13.7 Å². The highest BCUT2D eigenvalue weighted by Gasteiger charge is 2.36. The molecule has 0 bridgehead atoms. The van der Waals surface area contributed by atoms with Gasteiger partial charge in [-0.2, -0.15) is 0 Å². The molecule has 7 heteroatoms. The first kappa shape index (κ1) is 15.8. The molecule has 1 N–H and O–H groups in total. The van der Waals surface area contributed by atoms with E-state index in [1.807, 2.05) is 0 Å². The van der Waals surface area contributed by atoms with Crippen LogP contribution < -0.4 is 0 Å². The van der Waals surface area contributed by atoms with Gasteiger partial charge in [-0.1, -0.05) is 0 Å². The van der Waals surface area contributed by atoms with Crippen LogP contribution in [0.4, 0.5) is 13.2 Å². The third-order valence-corrected chi connectivity index (χ3v) is 3.61. The van der Waals surface area contributed by atoms with Crippen LogP contribution in [0.1, 0.15) is 18.4 Å². The Kier molecular flexibility index (Phi) is 4.84. The van der Waals surface area contributed by atoms with Crippen molar-refractivity contribution in [1.82, 2.24) is 4.90 Å². The molecule has 1 aromatic carbocycles. The van der Waals surface area contributed by atoms with Crippen molar-refractivity contribution in [2.24, 2.45) is 0 Å². The van der Waals surface area contributed by atoms with Crippen molar-refractivity contribution in [2.45, 2.75) is 31.5 Å². The summed E-state index contributed by atoms with van der Waals surface area (Å²) in [5.41, 5.74) is -0.0723. The highest BCUT2D eigenvalue weighted by Crippen LogP contribution is 2.23. The summed E-state index contributed by atoms with van der Waals surface area (Å²) in [5.74, 6) is -3.94. The largest absolute Gasteiger partial charge is 0.468 e. The van der Waals surface area contributed by atoms with Gasteiger partial charge in [-0.25, -0.2) is 13.2 Å². The normalized spacial score (nSPS) is 23.1. The van der Waals surface area contributed by atoms with Crippen molar-refractivity contribution in [3.63, 3.8) is 0 Å². The van der Waals surface area contributed by atoms with E-state index in [2.05, 4.69) is 4.74 Å². The summed E-state index contributed by atoms with van der Waals surface area (Å²) in [6.45, 7) is 0.315. The summed E-state index contributed by atoms with van der Waals surface area (Å²) in [4.78, 5) is 13.2. The molecule has 2 atom stereocenters. The molecule has 2 rings (SSSR count). The Bertz CT molecular complexity index is 538. The number of esters is 1. The average Bonchev–Trinajstić information content (AvgIpc) is 2.44. The summed E-state index contributed by atoms with van der Waals surface area (Å²) in [7, 11) is 1.19. The molecule has 0 amide bonds. The molecule has 1 fully saturated rings. The summed E-state index contributed by atoms with van der Waals surface area (Å²) >= 11 is 0. The van der Waals surface area contributed by atoms with Gasteiger partial charge in [0.1, 0.15) is 11.9 Å². The van der Waals surface area contributed by atoms with Gasteiger partial charge >= 0.3 is 5.97 Å². The molecule has 1 heterocycles. The number of rotatable bonds is 3. The lowest BCUT2D eigenvalue weighted by atomic mass is 9.98. The van der Waals surface area contributed by atoms with E-state index < -0.39 is 35.6 Å². The zero-order valence-corrected chi connectivity index (χ0v) is 11.5. The minimum absolute atomic E-state index is 0.0723. The fourth-order valence-corrected chi connectivity index (χ4v) is 2.55. The van der Waals surface area contributed by atoms with E-state index >= 15 is 0 Å². The van der Waals surface area contributed by atoms with Gasteiger partial charge in [0.25, 0.3) is 0 Å². The summed E-state index contributed by atoms with van der Waals surface area (Å²) < 4.78 is 44.4. The molecule has 0 aromatic heterocycles. The summed E-state index contributed by atoms with van der Waals surface area (Å²) in [6.07, 6.45) is 0.107. The molecule has 0 radical (unpaired) electrons. The van der Waals surface area contributed by atoms with Crippen LogP contribution in [-0.2, 0) is 16.1 Å². The second-order valence-corrected chi connectivity index (χ2v) is 5.01. The van der Waals surface area contributed by atoms with E-state index in [0.29, 0.717) is 25.5 Å². The van der Waals surface area contributed by atoms with Crippen molar-refractivity contribution >= 4 is 5.97 Å². The van der Waals surface area contributed by atoms with Crippen LogP contribution in [0.15, 0.2) is 12.1 Å². The zero-order chi connectivity index (χ0) is 15.6. The molecule has 0 aliphatic carbocycles. The molecule has 116 valence electrons. The maximum atomic E-state index is 13.7. The second-order valence-electron chi connectivity index (χ2n) is 5.01. The van der Waals surface area contributed by atoms with Gasteiger partial charge in [0, 0.05) is 18.2 Å². The van der Waals surface area contributed by atoms with Crippen LogP contribution in [0.25, 0.3) is 0 Å². The molecule has 1 aromatic rings. The number of piperidine rings is 1. The van der Waals surface area contributed by atoms with Crippen LogP contribution in [0, 0.1) is 17.5 Å². The van der Waals surface area contributed by atoms with E-state index in [0.717, 1.165) is 6.07 Å². The Morgan fingerprint density at radius 2 is 2.00 bits per heavy atom. The molecule has 2 unspecified atom stereocenters. The highest BCUT2D eigenvalue weighted by molar-refractivity contribution is 5.76. The Hall–Kier alpha value is -1.60. The lowest BCUT2D eigenvalue weighted by Crippen LogP contribution is -2.52. The molecule has 4 nitrogen and oxygen atoms in total. The van der Waals surface area contributed by atoms with Gasteiger partial charge in [-0.3, -0.25) is 9.69 Å². The lowest BCUT2D eigenvalue weighted by molar-refractivity contribution is -0.154. The third-order valence-electron chi connectivity index (χ3n) is 3.61. The van der Waals surface area contributed by atoms with Crippen molar-refractivity contribution < 1.29 is 27.8 Å². The standard InChI is InChI=1S/C14H16F3NO3/c1-21-14(20)13-12(19)3-2-4-18(13)7-8-5-10(16)11(17)6-9(8)15/h5-6,12-13,19H,2-4,7H2,1H3. The molecule has 0 spiro atoms. The molecule has 1 saturated heterocycles. The smallest absolute Gasteiger partial charge is 0.325 e. The average molecular weight is 303 g/mol. The topological polar surface area (TPSA) is 49.8 Å². The third kappa shape index (κ3) is 3.36. The van der Waals surface area contributed by atoms with Crippen LogP contribution in [-0.4, -0.2) is 41.8 Å². The van der Waals surface area contributed by atoms with Gasteiger partial charge in [0.15, 0.2) is 11.6 Å². The first-order valence-corrected chi connectivity index (χ1v) is 6.57. The summed E-state index contributed by atoms with van der Waals surface area (Å²) in [5, 5.41) is 9.92. The Morgan fingerprint density at radius 1 is 1.33 bits per heavy atom. The number of nitrogens with zero attached hydrogens (tertiary/aromatic N) is 1. The minimum Gasteiger partial charge on any atom is -0.468 e. The van der Waals surface area contributed by atoms with Crippen molar-refractivity contribution in [3.05, 3.63) is 35.1 Å². The van der Waals surface area contributed by atoms with Crippen molar-refractivity contribution in [3.8, 4) is 0 Å². The van der Waals surface area contributed by atoms with E-state index in [1.165, 1.54) is 12.0 Å². The quantitative estimate of drug-likeness (QED) is 0.681. The summed E-state index contributed by atoms with van der Waals surface area (Å²) in [6, 6.07) is 0.300. The van der Waals surface area contributed by atoms with Crippen LogP contribution in [0.3, 0.4) is 0 Å².